The molecule has 1 atom stereocenters. The van der Waals surface area contributed by atoms with Crippen LogP contribution >= 0.6 is 11.8 Å². The number of nitrogens with one attached hydrogen (secondary N) is 2. The summed E-state index contributed by atoms with van der Waals surface area (Å²) in [5.74, 6) is 0.134. The Labute approximate surface area is 118 Å². The number of ether oxygens (including phenoxy) is 1. The molecule has 1 aromatic rings. The second-order valence-electron chi connectivity index (χ2n) is 4.45. The number of thioether (sulfide) groups is 1. The third-order valence-corrected chi connectivity index (χ3v) is 4.34. The zero-order chi connectivity index (χ0) is 13.5. The van der Waals surface area contributed by atoms with Gasteiger partial charge in [0.25, 0.3) is 0 Å². The van der Waals surface area contributed by atoms with Crippen LogP contribution in [0, 0.1) is 0 Å². The minimum absolute atomic E-state index is 0.0244. The van der Waals surface area contributed by atoms with Crippen molar-refractivity contribution < 1.29 is 9.53 Å². The van der Waals surface area contributed by atoms with Crippen molar-refractivity contribution >= 4 is 17.7 Å². The maximum atomic E-state index is 12.0. The first kappa shape index (κ1) is 14.4. The van der Waals surface area contributed by atoms with Crippen molar-refractivity contribution in [2.75, 3.05) is 33.4 Å². The molecule has 1 unspecified atom stereocenters. The number of methoxy groups -OCH3 is 1. The highest BCUT2D eigenvalue weighted by atomic mass is 32.2. The summed E-state index contributed by atoms with van der Waals surface area (Å²) in [7, 11) is 1.68. The van der Waals surface area contributed by atoms with Crippen molar-refractivity contribution in [2.45, 2.75) is 16.6 Å². The predicted molar refractivity (Wildman–Crippen MR) is 77.5 cm³/mol. The quantitative estimate of drug-likeness (QED) is 0.733. The van der Waals surface area contributed by atoms with Gasteiger partial charge in [-0.25, -0.2) is 0 Å². The summed E-state index contributed by atoms with van der Waals surface area (Å²) in [4.78, 5) is 13.3. The fraction of sp³-hybridized carbons (Fsp3) is 0.500. The molecule has 1 aliphatic rings. The van der Waals surface area contributed by atoms with E-state index in [1.54, 1.807) is 18.9 Å². The zero-order valence-electron chi connectivity index (χ0n) is 11.1. The van der Waals surface area contributed by atoms with Crippen LogP contribution in [0.4, 0.5) is 0 Å². The summed E-state index contributed by atoms with van der Waals surface area (Å²) in [6, 6.07) is 8.23. The number of fused-ring (bicyclic) bond motifs is 1. The number of hydrogen-bond acceptors (Lipinski definition) is 4. The van der Waals surface area contributed by atoms with Gasteiger partial charge in [0.2, 0.25) is 5.91 Å². The standard InChI is InChI=1S/C14H20N2O2S/c1-18-9-8-15-6-7-16-14(17)13-10-11-4-2-3-5-12(11)19-13/h2-5,13,15H,6-10H2,1H3,(H,16,17). The summed E-state index contributed by atoms with van der Waals surface area (Å²) in [6.07, 6.45) is 0.837. The predicted octanol–water partition coefficient (Wildman–Crippen LogP) is 1.06. The lowest BCUT2D eigenvalue weighted by molar-refractivity contribution is -0.120. The minimum Gasteiger partial charge on any atom is -0.383 e. The molecule has 0 radical (unpaired) electrons. The summed E-state index contributed by atoms with van der Waals surface area (Å²) in [6.45, 7) is 2.95. The first-order valence-corrected chi connectivity index (χ1v) is 7.41. The van der Waals surface area contributed by atoms with E-state index < -0.39 is 0 Å². The summed E-state index contributed by atoms with van der Waals surface area (Å²) < 4.78 is 4.93. The summed E-state index contributed by atoms with van der Waals surface area (Å²) >= 11 is 1.66. The lowest BCUT2D eigenvalue weighted by atomic mass is 10.1. The Morgan fingerprint density at radius 2 is 2.21 bits per heavy atom. The molecule has 2 rings (SSSR count). The first-order valence-electron chi connectivity index (χ1n) is 6.53. The molecule has 0 aromatic heterocycles. The Balaban J connectivity index is 1.66. The molecule has 0 bridgehead atoms. The molecular weight excluding hydrogens is 260 g/mol. The molecule has 4 nitrogen and oxygen atoms in total. The second kappa shape index (κ2) is 7.53. The van der Waals surface area contributed by atoms with Gasteiger partial charge in [0, 0.05) is 31.6 Å². The zero-order valence-corrected chi connectivity index (χ0v) is 12.0. The van der Waals surface area contributed by atoms with Crippen molar-refractivity contribution in [3.8, 4) is 0 Å². The van der Waals surface area contributed by atoms with Gasteiger partial charge in [-0.1, -0.05) is 18.2 Å². The molecule has 19 heavy (non-hydrogen) atoms. The fourth-order valence-electron chi connectivity index (χ4n) is 2.02. The minimum atomic E-state index is 0.0244. The van der Waals surface area contributed by atoms with E-state index in [1.165, 1.54) is 10.5 Å². The number of rotatable bonds is 7. The van der Waals surface area contributed by atoms with Crippen LogP contribution in [0.3, 0.4) is 0 Å². The molecule has 0 spiro atoms. The molecule has 1 amide bonds. The highest BCUT2D eigenvalue weighted by molar-refractivity contribution is 8.01. The second-order valence-corrected chi connectivity index (χ2v) is 5.70. The van der Waals surface area contributed by atoms with Crippen LogP contribution in [0.2, 0.25) is 0 Å². The van der Waals surface area contributed by atoms with Gasteiger partial charge >= 0.3 is 0 Å². The molecule has 2 N–H and O–H groups in total. The molecule has 0 saturated carbocycles. The van der Waals surface area contributed by atoms with E-state index in [4.69, 9.17) is 4.74 Å². The Hall–Kier alpha value is -1.04. The van der Waals surface area contributed by atoms with Gasteiger partial charge in [0.1, 0.15) is 0 Å². The highest BCUT2D eigenvalue weighted by Gasteiger charge is 2.27. The lowest BCUT2D eigenvalue weighted by Crippen LogP contribution is -2.37. The lowest BCUT2D eigenvalue weighted by Gasteiger charge is -2.10. The normalized spacial score (nSPS) is 17.2. The average Bonchev–Trinajstić information content (AvgIpc) is 2.86. The van der Waals surface area contributed by atoms with Gasteiger partial charge in [-0.2, -0.15) is 0 Å². The smallest absolute Gasteiger partial charge is 0.233 e. The molecule has 1 heterocycles. The van der Waals surface area contributed by atoms with Crippen molar-refractivity contribution in [2.24, 2.45) is 0 Å². The van der Waals surface area contributed by atoms with Crippen LogP contribution in [-0.2, 0) is 16.0 Å². The molecule has 0 saturated heterocycles. The molecule has 104 valence electrons. The van der Waals surface area contributed by atoms with Crippen LogP contribution in [-0.4, -0.2) is 44.5 Å². The number of hydrogen-bond donors (Lipinski definition) is 2. The van der Waals surface area contributed by atoms with E-state index in [9.17, 15) is 4.79 Å². The van der Waals surface area contributed by atoms with E-state index in [0.717, 1.165) is 19.5 Å². The van der Waals surface area contributed by atoms with E-state index in [1.807, 2.05) is 12.1 Å². The monoisotopic (exact) mass is 280 g/mol. The van der Waals surface area contributed by atoms with Crippen molar-refractivity contribution in [1.29, 1.82) is 0 Å². The van der Waals surface area contributed by atoms with Crippen LogP contribution in [0.1, 0.15) is 5.56 Å². The Bertz CT molecular complexity index is 401. The Kier molecular flexibility index (Phi) is 5.69. The van der Waals surface area contributed by atoms with E-state index >= 15 is 0 Å². The molecule has 0 aliphatic carbocycles. The van der Waals surface area contributed by atoms with Gasteiger partial charge in [-0.15, -0.1) is 11.8 Å². The largest absolute Gasteiger partial charge is 0.383 e. The van der Waals surface area contributed by atoms with Crippen LogP contribution < -0.4 is 10.6 Å². The first-order chi connectivity index (χ1) is 9.31. The molecular formula is C14H20N2O2S. The van der Waals surface area contributed by atoms with E-state index in [0.29, 0.717) is 13.2 Å². The number of carbonyl (C=O) groups is 1. The number of benzene rings is 1. The number of amides is 1. The van der Waals surface area contributed by atoms with Crippen LogP contribution in [0.25, 0.3) is 0 Å². The van der Waals surface area contributed by atoms with Gasteiger partial charge in [0.05, 0.1) is 11.9 Å². The van der Waals surface area contributed by atoms with Crippen molar-refractivity contribution in [1.82, 2.24) is 10.6 Å². The molecule has 1 aliphatic heterocycles. The van der Waals surface area contributed by atoms with Crippen molar-refractivity contribution in [3.05, 3.63) is 29.8 Å². The van der Waals surface area contributed by atoms with Crippen molar-refractivity contribution in [3.63, 3.8) is 0 Å². The topological polar surface area (TPSA) is 50.4 Å². The Morgan fingerprint density at radius 1 is 1.37 bits per heavy atom. The van der Waals surface area contributed by atoms with Gasteiger partial charge in [0.15, 0.2) is 0 Å². The van der Waals surface area contributed by atoms with Gasteiger partial charge < -0.3 is 15.4 Å². The van der Waals surface area contributed by atoms with E-state index in [2.05, 4.69) is 22.8 Å². The highest BCUT2D eigenvalue weighted by Crippen LogP contribution is 2.36. The SMILES string of the molecule is COCCNCCNC(=O)C1Cc2ccccc2S1. The molecule has 0 fully saturated rings. The van der Waals surface area contributed by atoms with Gasteiger partial charge in [-0.3, -0.25) is 4.79 Å². The molecule has 5 heteroatoms. The van der Waals surface area contributed by atoms with Gasteiger partial charge in [-0.05, 0) is 18.1 Å². The molecule has 1 aromatic carbocycles. The fourth-order valence-corrected chi connectivity index (χ4v) is 3.24. The maximum absolute atomic E-state index is 12.0. The average molecular weight is 280 g/mol. The number of carbonyl (C=O) groups excluding carboxylic acids is 1. The van der Waals surface area contributed by atoms with Crippen LogP contribution in [0.15, 0.2) is 29.2 Å². The third-order valence-electron chi connectivity index (χ3n) is 3.02. The maximum Gasteiger partial charge on any atom is 0.233 e. The third kappa shape index (κ3) is 4.23. The summed E-state index contributed by atoms with van der Waals surface area (Å²) in [5.41, 5.74) is 1.28. The summed E-state index contributed by atoms with van der Waals surface area (Å²) in [5, 5.41) is 6.20. The van der Waals surface area contributed by atoms with E-state index in [-0.39, 0.29) is 11.2 Å². The van der Waals surface area contributed by atoms with Crippen LogP contribution in [0.5, 0.6) is 0 Å². The Morgan fingerprint density at radius 3 is 3.00 bits per heavy atom.